The fourth-order valence-electron chi connectivity index (χ4n) is 4.37. The third-order valence-electron chi connectivity index (χ3n) is 5.89. The van der Waals surface area contributed by atoms with Gasteiger partial charge in [0, 0.05) is 27.2 Å². The Balaban J connectivity index is 1.48. The van der Waals surface area contributed by atoms with Gasteiger partial charge in [-0.05, 0) is 53.8 Å². The smallest absolute Gasteiger partial charge is 0.258 e. The molecule has 0 saturated carbocycles. The zero-order valence-corrected chi connectivity index (χ0v) is 17.5. The molecule has 1 aromatic heterocycles. The van der Waals surface area contributed by atoms with Crippen molar-refractivity contribution in [3.63, 3.8) is 0 Å². The highest BCUT2D eigenvalue weighted by molar-refractivity contribution is 6.35. The largest absolute Gasteiger partial charge is 0.436 e. The van der Waals surface area contributed by atoms with Gasteiger partial charge in [-0.15, -0.1) is 0 Å². The Labute approximate surface area is 183 Å². The van der Waals surface area contributed by atoms with Crippen molar-refractivity contribution < 1.29 is 9.21 Å². The van der Waals surface area contributed by atoms with Crippen LogP contribution in [-0.2, 0) is 6.54 Å². The summed E-state index contributed by atoms with van der Waals surface area (Å²) in [6.07, 6.45) is 0. The molecule has 31 heavy (non-hydrogen) atoms. The fourth-order valence-corrected chi connectivity index (χ4v) is 4.61. The third kappa shape index (κ3) is 2.76. The van der Waals surface area contributed by atoms with Crippen LogP contribution in [0.4, 0.5) is 5.69 Å². The predicted octanol–water partition coefficient (Wildman–Crippen LogP) is 6.77. The number of fused-ring (bicyclic) bond motifs is 3. The summed E-state index contributed by atoms with van der Waals surface area (Å²) in [6.45, 7) is 2.54. The van der Waals surface area contributed by atoms with Crippen LogP contribution in [0.25, 0.3) is 33.3 Å². The first-order valence-corrected chi connectivity index (χ1v) is 10.5. The van der Waals surface area contributed by atoms with Crippen molar-refractivity contribution in [3.05, 3.63) is 94.5 Å². The highest BCUT2D eigenvalue weighted by Crippen LogP contribution is 2.36. The molecule has 0 fully saturated rings. The number of nitrogens with zero attached hydrogens (tertiary/aromatic N) is 2. The van der Waals surface area contributed by atoms with Gasteiger partial charge in [0.15, 0.2) is 5.58 Å². The number of amides is 1. The number of aromatic nitrogens is 1. The van der Waals surface area contributed by atoms with Gasteiger partial charge in [-0.3, -0.25) is 4.79 Å². The number of halogens is 1. The lowest BCUT2D eigenvalue weighted by Gasteiger charge is -2.16. The van der Waals surface area contributed by atoms with Crippen LogP contribution in [-0.4, -0.2) is 10.9 Å². The Hall–Kier alpha value is -3.63. The molecule has 0 atom stereocenters. The fraction of sp³-hybridized carbons (Fsp3) is 0.0769. The molecule has 6 rings (SSSR count). The molecule has 0 unspecified atom stereocenters. The summed E-state index contributed by atoms with van der Waals surface area (Å²) >= 11 is 6.38. The predicted molar refractivity (Wildman–Crippen MR) is 124 cm³/mol. The second-order valence-corrected chi connectivity index (χ2v) is 8.23. The molecule has 0 N–H and O–H groups in total. The lowest BCUT2D eigenvalue weighted by atomic mass is 10.0. The highest BCUT2D eigenvalue weighted by Gasteiger charge is 2.29. The molecule has 0 radical (unpaired) electrons. The van der Waals surface area contributed by atoms with Crippen LogP contribution in [0, 0.1) is 6.92 Å². The Kier molecular flexibility index (Phi) is 3.92. The van der Waals surface area contributed by atoms with E-state index < -0.39 is 0 Å². The number of hydrogen-bond donors (Lipinski definition) is 0. The van der Waals surface area contributed by atoms with E-state index in [0.717, 1.165) is 49.8 Å². The van der Waals surface area contributed by atoms with Crippen molar-refractivity contribution in [2.75, 3.05) is 4.90 Å². The van der Waals surface area contributed by atoms with Crippen LogP contribution in [0.5, 0.6) is 0 Å². The molecule has 150 valence electrons. The van der Waals surface area contributed by atoms with E-state index in [1.54, 1.807) is 4.90 Å². The molecular formula is C26H17ClN2O2. The molecule has 4 aromatic carbocycles. The van der Waals surface area contributed by atoms with E-state index >= 15 is 0 Å². The normalized spacial score (nSPS) is 13.4. The summed E-state index contributed by atoms with van der Waals surface area (Å²) in [5.41, 5.74) is 5.91. The van der Waals surface area contributed by atoms with E-state index in [9.17, 15) is 4.79 Å². The van der Waals surface area contributed by atoms with Crippen LogP contribution in [0.1, 0.15) is 21.5 Å². The number of aryl methyl sites for hydroxylation is 1. The molecule has 0 spiro atoms. The topological polar surface area (TPSA) is 46.3 Å². The van der Waals surface area contributed by atoms with Crippen molar-refractivity contribution in [1.29, 1.82) is 0 Å². The van der Waals surface area contributed by atoms with Crippen molar-refractivity contribution in [2.45, 2.75) is 13.5 Å². The number of oxazole rings is 1. The van der Waals surface area contributed by atoms with Gasteiger partial charge in [0.1, 0.15) is 5.52 Å². The molecule has 2 heterocycles. The van der Waals surface area contributed by atoms with Gasteiger partial charge >= 0.3 is 0 Å². The van der Waals surface area contributed by atoms with E-state index in [2.05, 4.69) is 0 Å². The lowest BCUT2D eigenvalue weighted by molar-refractivity contribution is 0.0996. The molecule has 1 amide bonds. The Morgan fingerprint density at radius 2 is 1.71 bits per heavy atom. The number of benzene rings is 4. The number of hydrogen-bond acceptors (Lipinski definition) is 3. The Morgan fingerprint density at radius 3 is 2.58 bits per heavy atom. The Bertz CT molecular complexity index is 1520. The van der Waals surface area contributed by atoms with Gasteiger partial charge < -0.3 is 9.32 Å². The van der Waals surface area contributed by atoms with E-state index in [-0.39, 0.29) is 5.91 Å². The summed E-state index contributed by atoms with van der Waals surface area (Å²) in [5.74, 6) is 0.556. The highest BCUT2D eigenvalue weighted by atomic mass is 35.5. The van der Waals surface area contributed by atoms with E-state index in [1.165, 1.54) is 0 Å². The van der Waals surface area contributed by atoms with Crippen LogP contribution in [0.15, 0.2) is 77.2 Å². The molecule has 0 aliphatic carbocycles. The Morgan fingerprint density at radius 1 is 0.935 bits per heavy atom. The molecule has 1 aliphatic rings. The molecular weight excluding hydrogens is 408 g/mol. The van der Waals surface area contributed by atoms with Gasteiger partial charge in [0.25, 0.3) is 5.91 Å². The summed E-state index contributed by atoms with van der Waals surface area (Å²) < 4.78 is 6.18. The maximum Gasteiger partial charge on any atom is 0.258 e. The van der Waals surface area contributed by atoms with Crippen molar-refractivity contribution in [1.82, 2.24) is 4.98 Å². The van der Waals surface area contributed by atoms with Crippen molar-refractivity contribution >= 4 is 45.1 Å². The van der Waals surface area contributed by atoms with Crippen LogP contribution in [0.2, 0.25) is 5.02 Å². The quantitative estimate of drug-likeness (QED) is 0.314. The minimum atomic E-state index is 0.0155. The second kappa shape index (κ2) is 6.69. The number of carbonyl (C=O) groups is 1. The molecule has 5 heteroatoms. The average Bonchev–Trinajstić information content (AvgIpc) is 3.36. The summed E-state index contributed by atoms with van der Waals surface area (Å²) in [6, 6.07) is 23.4. The zero-order valence-electron chi connectivity index (χ0n) is 16.7. The van der Waals surface area contributed by atoms with E-state index in [1.807, 2.05) is 79.7 Å². The van der Waals surface area contributed by atoms with Crippen LogP contribution < -0.4 is 4.90 Å². The van der Waals surface area contributed by atoms with Crippen molar-refractivity contribution in [2.24, 2.45) is 0 Å². The molecule has 1 aliphatic heterocycles. The third-order valence-corrected chi connectivity index (χ3v) is 6.22. The maximum absolute atomic E-state index is 12.9. The maximum atomic E-state index is 12.9. The van der Waals surface area contributed by atoms with Gasteiger partial charge in [-0.25, -0.2) is 4.98 Å². The molecule has 0 bridgehead atoms. The van der Waals surface area contributed by atoms with E-state index in [4.69, 9.17) is 21.0 Å². The number of anilines is 1. The standard InChI is InChI=1S/C26H17ClN2O2/c1-15-12-17(29-14-16-6-2-3-7-18(16)26(29)30)13-23-24(15)31-25(28-23)21-10-4-9-20-19(21)8-5-11-22(20)27/h2-13H,14H2,1H3. The second-order valence-electron chi connectivity index (χ2n) is 7.82. The van der Waals surface area contributed by atoms with Gasteiger partial charge in [0.2, 0.25) is 5.89 Å². The molecule has 5 aromatic rings. The molecule has 4 nitrogen and oxygen atoms in total. The average molecular weight is 425 g/mol. The summed E-state index contributed by atoms with van der Waals surface area (Å²) in [5, 5.41) is 2.65. The first kappa shape index (κ1) is 18.2. The zero-order chi connectivity index (χ0) is 21.1. The van der Waals surface area contributed by atoms with E-state index in [0.29, 0.717) is 17.5 Å². The van der Waals surface area contributed by atoms with Crippen molar-refractivity contribution in [3.8, 4) is 11.5 Å². The molecule has 0 saturated heterocycles. The summed E-state index contributed by atoms with van der Waals surface area (Å²) in [7, 11) is 0. The van der Waals surface area contributed by atoms with Gasteiger partial charge in [-0.2, -0.15) is 0 Å². The van der Waals surface area contributed by atoms with Crippen LogP contribution in [0.3, 0.4) is 0 Å². The minimum absolute atomic E-state index is 0.0155. The SMILES string of the molecule is Cc1cc(N2Cc3ccccc3C2=O)cc2nc(-c3cccc4c(Cl)cccc34)oc12. The number of rotatable bonds is 2. The number of carbonyl (C=O) groups excluding carboxylic acids is 1. The minimum Gasteiger partial charge on any atom is -0.436 e. The van der Waals surface area contributed by atoms with Crippen LogP contribution >= 0.6 is 11.6 Å². The lowest BCUT2D eigenvalue weighted by Crippen LogP contribution is -2.23. The summed E-state index contributed by atoms with van der Waals surface area (Å²) in [4.78, 5) is 19.5. The first-order chi connectivity index (χ1) is 15.1. The monoisotopic (exact) mass is 424 g/mol. The first-order valence-electron chi connectivity index (χ1n) is 10.1. The van der Waals surface area contributed by atoms with Gasteiger partial charge in [0.05, 0.1) is 6.54 Å². The van der Waals surface area contributed by atoms with Gasteiger partial charge in [-0.1, -0.05) is 54.1 Å².